The quantitative estimate of drug-likeness (QED) is 0.771. The van der Waals surface area contributed by atoms with E-state index in [1.54, 1.807) is 14.2 Å². The molecule has 0 spiro atoms. The summed E-state index contributed by atoms with van der Waals surface area (Å²) in [7, 11) is 3.30. The van der Waals surface area contributed by atoms with Crippen LogP contribution in [0.1, 0.15) is 5.56 Å². The summed E-state index contributed by atoms with van der Waals surface area (Å²) in [4.78, 5) is 3.41. The van der Waals surface area contributed by atoms with Crippen LogP contribution < -0.4 is 15.2 Å². The van der Waals surface area contributed by atoms with E-state index in [-0.39, 0.29) is 0 Å². The lowest BCUT2D eigenvalue weighted by Crippen LogP contribution is -1.94. The summed E-state index contributed by atoms with van der Waals surface area (Å²) in [6, 6.07) is 14.1. The van der Waals surface area contributed by atoms with Crippen molar-refractivity contribution < 1.29 is 9.47 Å². The maximum Gasteiger partial charge on any atom is 0.131 e. The Balaban J connectivity index is 2.11. The van der Waals surface area contributed by atoms with Crippen molar-refractivity contribution in [2.45, 2.75) is 6.54 Å². The van der Waals surface area contributed by atoms with Gasteiger partial charge in [-0.2, -0.15) is 0 Å². The van der Waals surface area contributed by atoms with Crippen molar-refractivity contribution in [1.82, 2.24) is 4.98 Å². The van der Waals surface area contributed by atoms with Crippen molar-refractivity contribution in [1.29, 1.82) is 0 Å². The zero-order valence-corrected chi connectivity index (χ0v) is 12.1. The van der Waals surface area contributed by atoms with Gasteiger partial charge >= 0.3 is 0 Å². The molecule has 0 aliphatic carbocycles. The number of rotatable bonds is 4. The third-order valence-corrected chi connectivity index (χ3v) is 3.62. The first-order chi connectivity index (χ1) is 10.2. The highest BCUT2D eigenvalue weighted by molar-refractivity contribution is 5.87. The Bertz CT molecular complexity index is 778. The molecule has 0 atom stereocenters. The smallest absolute Gasteiger partial charge is 0.131 e. The molecule has 0 unspecified atom stereocenters. The van der Waals surface area contributed by atoms with E-state index in [0.29, 0.717) is 6.54 Å². The van der Waals surface area contributed by atoms with Gasteiger partial charge < -0.3 is 20.2 Å². The summed E-state index contributed by atoms with van der Waals surface area (Å²) >= 11 is 0. The molecule has 108 valence electrons. The van der Waals surface area contributed by atoms with Crippen molar-refractivity contribution in [3.63, 3.8) is 0 Å². The molecule has 0 saturated heterocycles. The molecular weight excluding hydrogens is 264 g/mol. The topological polar surface area (TPSA) is 60.3 Å². The molecule has 2 aromatic carbocycles. The van der Waals surface area contributed by atoms with Crippen LogP contribution in [0.3, 0.4) is 0 Å². The van der Waals surface area contributed by atoms with Gasteiger partial charge in [-0.1, -0.05) is 6.07 Å². The maximum absolute atomic E-state index is 5.69. The zero-order chi connectivity index (χ0) is 14.8. The highest BCUT2D eigenvalue weighted by atomic mass is 16.5. The van der Waals surface area contributed by atoms with Gasteiger partial charge in [-0.15, -0.1) is 0 Å². The molecule has 3 aromatic rings. The summed E-state index contributed by atoms with van der Waals surface area (Å²) in [6.07, 6.45) is 0. The molecule has 0 aliphatic rings. The average Bonchev–Trinajstić information content (AvgIpc) is 2.96. The van der Waals surface area contributed by atoms with Crippen LogP contribution >= 0.6 is 0 Å². The molecule has 1 heterocycles. The minimum Gasteiger partial charge on any atom is -0.497 e. The molecule has 3 rings (SSSR count). The van der Waals surface area contributed by atoms with Crippen LogP contribution in [0.5, 0.6) is 11.5 Å². The molecule has 0 fully saturated rings. The molecule has 0 radical (unpaired) electrons. The normalized spacial score (nSPS) is 10.8. The van der Waals surface area contributed by atoms with E-state index in [9.17, 15) is 0 Å². The second-order valence-corrected chi connectivity index (χ2v) is 4.87. The maximum atomic E-state index is 5.69. The van der Waals surface area contributed by atoms with Crippen molar-refractivity contribution in [3.8, 4) is 22.8 Å². The third kappa shape index (κ3) is 2.45. The predicted molar refractivity (Wildman–Crippen MR) is 84.7 cm³/mol. The van der Waals surface area contributed by atoms with Crippen LogP contribution in [0, 0.1) is 0 Å². The van der Waals surface area contributed by atoms with E-state index >= 15 is 0 Å². The molecule has 0 aliphatic heterocycles. The van der Waals surface area contributed by atoms with Gasteiger partial charge in [0.2, 0.25) is 0 Å². The minimum atomic E-state index is 0.544. The number of nitrogens with two attached hydrogens (primary N) is 1. The Kier molecular flexibility index (Phi) is 3.54. The first-order valence-electron chi connectivity index (χ1n) is 6.79. The fourth-order valence-electron chi connectivity index (χ4n) is 2.48. The monoisotopic (exact) mass is 282 g/mol. The van der Waals surface area contributed by atoms with E-state index in [0.717, 1.165) is 39.2 Å². The highest BCUT2D eigenvalue weighted by Crippen LogP contribution is 2.34. The van der Waals surface area contributed by atoms with Crippen molar-refractivity contribution >= 4 is 10.9 Å². The van der Waals surface area contributed by atoms with Gasteiger partial charge in [0.05, 0.1) is 19.9 Å². The average molecular weight is 282 g/mol. The minimum absolute atomic E-state index is 0.544. The predicted octanol–water partition coefficient (Wildman–Crippen LogP) is 3.31. The number of nitrogens with one attached hydrogen (secondary N) is 1. The van der Waals surface area contributed by atoms with Crippen LogP contribution in [0.25, 0.3) is 22.2 Å². The Morgan fingerprint density at radius 3 is 2.57 bits per heavy atom. The Morgan fingerprint density at radius 1 is 1.00 bits per heavy atom. The molecule has 0 bridgehead atoms. The third-order valence-electron chi connectivity index (χ3n) is 3.62. The fourth-order valence-corrected chi connectivity index (χ4v) is 2.48. The van der Waals surface area contributed by atoms with Crippen molar-refractivity contribution in [2.75, 3.05) is 14.2 Å². The summed E-state index contributed by atoms with van der Waals surface area (Å²) in [5.74, 6) is 1.55. The molecule has 0 saturated carbocycles. The molecule has 21 heavy (non-hydrogen) atoms. The first kappa shape index (κ1) is 13.5. The van der Waals surface area contributed by atoms with Gasteiger partial charge in [-0.25, -0.2) is 0 Å². The number of hydrogen-bond acceptors (Lipinski definition) is 3. The number of benzene rings is 2. The van der Waals surface area contributed by atoms with Crippen LogP contribution in [-0.2, 0) is 6.54 Å². The van der Waals surface area contributed by atoms with Gasteiger partial charge in [-0.05, 0) is 35.9 Å². The number of hydrogen-bond donors (Lipinski definition) is 2. The Labute approximate surface area is 123 Å². The van der Waals surface area contributed by atoms with Gasteiger partial charge in [0.15, 0.2) is 0 Å². The van der Waals surface area contributed by atoms with Gasteiger partial charge in [0, 0.05) is 29.1 Å². The second-order valence-electron chi connectivity index (χ2n) is 4.87. The zero-order valence-electron chi connectivity index (χ0n) is 12.1. The van der Waals surface area contributed by atoms with Gasteiger partial charge in [0.1, 0.15) is 11.5 Å². The number of aromatic nitrogens is 1. The Hall–Kier alpha value is -2.46. The molecule has 3 N–H and O–H groups in total. The van der Waals surface area contributed by atoms with Crippen molar-refractivity contribution in [3.05, 3.63) is 48.0 Å². The van der Waals surface area contributed by atoms with E-state index in [2.05, 4.69) is 23.2 Å². The van der Waals surface area contributed by atoms with E-state index in [4.69, 9.17) is 15.2 Å². The van der Waals surface area contributed by atoms with Crippen LogP contribution in [0.2, 0.25) is 0 Å². The lowest BCUT2D eigenvalue weighted by molar-refractivity contribution is 0.395. The van der Waals surface area contributed by atoms with Crippen molar-refractivity contribution in [2.24, 2.45) is 5.73 Å². The van der Waals surface area contributed by atoms with Gasteiger partial charge in [0.25, 0.3) is 0 Å². The lowest BCUT2D eigenvalue weighted by atomic mass is 10.1. The lowest BCUT2D eigenvalue weighted by Gasteiger charge is -2.08. The molecule has 4 heteroatoms. The molecule has 1 aromatic heterocycles. The summed E-state index contributed by atoms with van der Waals surface area (Å²) < 4.78 is 10.7. The van der Waals surface area contributed by atoms with Crippen LogP contribution in [0.4, 0.5) is 0 Å². The summed E-state index contributed by atoms with van der Waals surface area (Å²) in [5.41, 5.74) is 9.91. The second kappa shape index (κ2) is 5.50. The van der Waals surface area contributed by atoms with E-state index < -0.39 is 0 Å². The number of methoxy groups -OCH3 is 2. The standard InChI is InChI=1S/C17H18N2O2/c1-20-13-4-5-14(17(9-13)21-2)16-8-12-7-11(10-18)3-6-15(12)19-16/h3-9,19H,10,18H2,1-2H3. The Morgan fingerprint density at radius 2 is 1.86 bits per heavy atom. The van der Waals surface area contributed by atoms with Crippen LogP contribution in [0.15, 0.2) is 42.5 Å². The summed E-state index contributed by atoms with van der Waals surface area (Å²) in [6.45, 7) is 0.544. The van der Waals surface area contributed by atoms with Gasteiger partial charge in [-0.3, -0.25) is 0 Å². The largest absolute Gasteiger partial charge is 0.497 e. The molecule has 0 amide bonds. The number of aromatic amines is 1. The SMILES string of the molecule is COc1ccc(-c2cc3cc(CN)ccc3[nH]2)c(OC)c1. The molecule has 4 nitrogen and oxygen atoms in total. The number of fused-ring (bicyclic) bond motifs is 1. The summed E-state index contributed by atoms with van der Waals surface area (Å²) in [5, 5.41) is 1.14. The highest BCUT2D eigenvalue weighted by Gasteiger charge is 2.10. The first-order valence-corrected chi connectivity index (χ1v) is 6.79. The number of H-pyrrole nitrogens is 1. The molecular formula is C17H18N2O2. The van der Waals surface area contributed by atoms with Crippen LogP contribution in [-0.4, -0.2) is 19.2 Å². The number of ether oxygens (including phenoxy) is 2. The van der Waals surface area contributed by atoms with E-state index in [1.807, 2.05) is 24.3 Å². The van der Waals surface area contributed by atoms with E-state index in [1.165, 1.54) is 0 Å². The fraction of sp³-hybridized carbons (Fsp3) is 0.176.